The minimum Gasteiger partial charge on any atom is -0.379 e. The first-order chi connectivity index (χ1) is 9.79. The van der Waals surface area contributed by atoms with Crippen molar-refractivity contribution in [2.75, 3.05) is 44.3 Å². The summed E-state index contributed by atoms with van der Waals surface area (Å²) in [6, 6.07) is 6.86. The Bertz CT molecular complexity index is 465. The second kappa shape index (κ2) is 6.65. The minimum atomic E-state index is 0.654. The number of anilines is 1. The van der Waals surface area contributed by atoms with E-state index in [9.17, 15) is 0 Å². The predicted molar refractivity (Wildman–Crippen MR) is 87.1 cm³/mol. The van der Waals surface area contributed by atoms with Crippen LogP contribution in [0.15, 0.2) is 18.2 Å². The first-order valence-electron chi connectivity index (χ1n) is 7.19. The van der Waals surface area contributed by atoms with Crippen LogP contribution < -0.4 is 4.90 Å². The summed E-state index contributed by atoms with van der Waals surface area (Å²) in [7, 11) is 0. The van der Waals surface area contributed by atoms with Crippen molar-refractivity contribution in [2.24, 2.45) is 0 Å². The van der Waals surface area contributed by atoms with Gasteiger partial charge in [-0.15, -0.1) is 0 Å². The molecule has 0 saturated carbocycles. The minimum absolute atomic E-state index is 0.654. The molecule has 20 heavy (non-hydrogen) atoms. The summed E-state index contributed by atoms with van der Waals surface area (Å²) in [5.74, 6) is 0. The molecule has 0 spiro atoms. The maximum atomic E-state index is 6.31. The molecule has 2 aliphatic heterocycles. The zero-order chi connectivity index (χ0) is 13.9. The first kappa shape index (κ1) is 14.6. The van der Waals surface area contributed by atoms with Crippen molar-refractivity contribution in [3.05, 3.63) is 28.8 Å². The molecule has 0 aromatic heterocycles. The smallest absolute Gasteiger partial charge is 0.0594 e. The summed E-state index contributed by atoms with van der Waals surface area (Å²) >= 11 is 9.87. The molecule has 1 unspecified atom stereocenters. The third-order valence-corrected chi connectivity index (χ3v) is 5.21. The van der Waals surface area contributed by atoms with E-state index in [1.807, 2.05) is 12.1 Å². The first-order valence-corrected chi connectivity index (χ1v) is 8.69. The molecule has 1 aromatic rings. The lowest BCUT2D eigenvalue weighted by atomic mass is 10.2. The second-order valence-electron chi connectivity index (χ2n) is 5.41. The van der Waals surface area contributed by atoms with Gasteiger partial charge >= 0.3 is 0 Å². The summed E-state index contributed by atoms with van der Waals surface area (Å²) in [5, 5.41) is 1.66. The van der Waals surface area contributed by atoms with Crippen LogP contribution in [-0.2, 0) is 10.1 Å². The summed E-state index contributed by atoms with van der Waals surface area (Å²) in [6.07, 6.45) is 1.23. The number of rotatable bonds is 3. The van der Waals surface area contributed by atoms with Crippen LogP contribution in [0, 0.1) is 0 Å². The summed E-state index contributed by atoms with van der Waals surface area (Å²) in [6.45, 7) is 6.10. The number of alkyl halides is 1. The van der Waals surface area contributed by atoms with E-state index in [0.29, 0.717) is 6.04 Å². The van der Waals surface area contributed by atoms with Crippen molar-refractivity contribution in [1.82, 2.24) is 4.90 Å². The van der Waals surface area contributed by atoms with Crippen LogP contribution in [0.25, 0.3) is 0 Å². The number of benzene rings is 1. The third-order valence-electron chi connectivity index (χ3n) is 4.29. The molecule has 0 N–H and O–H groups in total. The molecule has 2 fully saturated rings. The van der Waals surface area contributed by atoms with Crippen molar-refractivity contribution >= 4 is 33.2 Å². The monoisotopic (exact) mass is 358 g/mol. The maximum Gasteiger partial charge on any atom is 0.0594 e. The lowest BCUT2D eigenvalue weighted by Gasteiger charge is -2.32. The zero-order valence-corrected chi connectivity index (χ0v) is 13.9. The molecule has 2 aliphatic rings. The normalized spacial score (nSPS) is 24.3. The fourth-order valence-electron chi connectivity index (χ4n) is 3.18. The third kappa shape index (κ3) is 2.98. The van der Waals surface area contributed by atoms with E-state index in [2.05, 4.69) is 31.8 Å². The molecule has 0 radical (unpaired) electrons. The Hall–Kier alpha value is -0.290. The van der Waals surface area contributed by atoms with E-state index in [-0.39, 0.29) is 0 Å². The average Bonchev–Trinajstić information content (AvgIpc) is 2.97. The standard InChI is InChI=1S/C15H20BrClN2O/c16-10-13-14(17)2-1-3-15(13)19-5-4-12(11-19)18-6-8-20-9-7-18/h1-3,12H,4-11H2. The zero-order valence-electron chi connectivity index (χ0n) is 11.5. The molecular formula is C15H20BrClN2O. The van der Waals surface area contributed by atoms with Crippen LogP contribution in [0.2, 0.25) is 5.02 Å². The fraction of sp³-hybridized carbons (Fsp3) is 0.600. The van der Waals surface area contributed by atoms with Crippen molar-refractivity contribution in [3.8, 4) is 0 Å². The van der Waals surface area contributed by atoms with Crippen LogP contribution in [0.5, 0.6) is 0 Å². The van der Waals surface area contributed by atoms with Gasteiger partial charge in [0.15, 0.2) is 0 Å². The van der Waals surface area contributed by atoms with Gasteiger partial charge in [-0.05, 0) is 18.6 Å². The van der Waals surface area contributed by atoms with Gasteiger partial charge in [-0.2, -0.15) is 0 Å². The highest BCUT2D eigenvalue weighted by molar-refractivity contribution is 9.08. The Kier molecular flexibility index (Phi) is 4.87. The van der Waals surface area contributed by atoms with E-state index in [4.69, 9.17) is 16.3 Å². The lowest BCUT2D eigenvalue weighted by molar-refractivity contribution is 0.0209. The molecule has 110 valence electrons. The summed E-state index contributed by atoms with van der Waals surface area (Å²) in [4.78, 5) is 5.05. The molecule has 0 aliphatic carbocycles. The van der Waals surface area contributed by atoms with Crippen molar-refractivity contribution < 1.29 is 4.74 Å². The van der Waals surface area contributed by atoms with E-state index in [0.717, 1.165) is 49.7 Å². The second-order valence-corrected chi connectivity index (χ2v) is 6.38. The molecule has 5 heteroatoms. The van der Waals surface area contributed by atoms with Gasteiger partial charge in [0.2, 0.25) is 0 Å². The Balaban J connectivity index is 1.72. The van der Waals surface area contributed by atoms with Gasteiger partial charge in [-0.1, -0.05) is 33.6 Å². The van der Waals surface area contributed by atoms with Crippen LogP contribution in [0.4, 0.5) is 5.69 Å². The number of hydrogen-bond donors (Lipinski definition) is 0. The Morgan fingerprint density at radius 1 is 1.25 bits per heavy atom. The van der Waals surface area contributed by atoms with Crippen LogP contribution in [0.1, 0.15) is 12.0 Å². The SMILES string of the molecule is Clc1cccc(N2CCC(N3CCOCC3)C2)c1CBr. The number of nitrogens with zero attached hydrogens (tertiary/aromatic N) is 2. The van der Waals surface area contributed by atoms with Crippen LogP contribution in [0.3, 0.4) is 0 Å². The molecule has 3 nitrogen and oxygen atoms in total. The molecule has 0 amide bonds. The molecule has 3 rings (SSSR count). The van der Waals surface area contributed by atoms with Gasteiger partial charge in [0.25, 0.3) is 0 Å². The Morgan fingerprint density at radius 2 is 2.05 bits per heavy atom. The summed E-state index contributed by atoms with van der Waals surface area (Å²) in [5.41, 5.74) is 2.49. The fourth-order valence-corrected chi connectivity index (χ4v) is 4.16. The summed E-state index contributed by atoms with van der Waals surface area (Å²) < 4.78 is 5.44. The topological polar surface area (TPSA) is 15.7 Å². The molecule has 0 bridgehead atoms. The number of halogens is 2. The predicted octanol–water partition coefficient (Wildman–Crippen LogP) is 3.15. The number of morpholine rings is 1. The lowest BCUT2D eigenvalue weighted by Crippen LogP contribution is -2.44. The molecule has 1 atom stereocenters. The van der Waals surface area contributed by atoms with E-state index < -0.39 is 0 Å². The molecule has 2 heterocycles. The van der Waals surface area contributed by atoms with Gasteiger partial charge in [0.1, 0.15) is 0 Å². The van der Waals surface area contributed by atoms with E-state index in [1.54, 1.807) is 0 Å². The highest BCUT2D eigenvalue weighted by Gasteiger charge is 2.29. The maximum absolute atomic E-state index is 6.31. The van der Waals surface area contributed by atoms with Crippen LogP contribution >= 0.6 is 27.5 Å². The number of ether oxygens (including phenoxy) is 1. The number of hydrogen-bond acceptors (Lipinski definition) is 3. The van der Waals surface area contributed by atoms with Crippen molar-refractivity contribution in [1.29, 1.82) is 0 Å². The Morgan fingerprint density at radius 3 is 2.80 bits per heavy atom. The largest absolute Gasteiger partial charge is 0.379 e. The molecular weight excluding hydrogens is 340 g/mol. The van der Waals surface area contributed by atoms with Gasteiger partial charge in [0.05, 0.1) is 13.2 Å². The van der Waals surface area contributed by atoms with Gasteiger partial charge < -0.3 is 9.64 Å². The quantitative estimate of drug-likeness (QED) is 0.771. The van der Waals surface area contributed by atoms with E-state index >= 15 is 0 Å². The van der Waals surface area contributed by atoms with Crippen LogP contribution in [-0.4, -0.2) is 50.3 Å². The highest BCUT2D eigenvalue weighted by atomic mass is 79.9. The molecule has 1 aromatic carbocycles. The van der Waals surface area contributed by atoms with Crippen molar-refractivity contribution in [2.45, 2.75) is 17.8 Å². The van der Waals surface area contributed by atoms with Gasteiger partial charge in [-0.25, -0.2) is 0 Å². The van der Waals surface area contributed by atoms with Gasteiger partial charge in [0, 0.05) is 53.8 Å². The van der Waals surface area contributed by atoms with E-state index in [1.165, 1.54) is 17.7 Å². The van der Waals surface area contributed by atoms with Crippen molar-refractivity contribution in [3.63, 3.8) is 0 Å². The van der Waals surface area contributed by atoms with Gasteiger partial charge in [-0.3, -0.25) is 4.90 Å². The molecule has 2 saturated heterocycles. The Labute approximate surface area is 134 Å². The highest BCUT2D eigenvalue weighted by Crippen LogP contribution is 2.32. The average molecular weight is 360 g/mol.